The van der Waals surface area contributed by atoms with Crippen molar-refractivity contribution in [2.24, 2.45) is 0 Å². The number of hydrogen-bond acceptors (Lipinski definition) is 3. The molecule has 0 saturated heterocycles. The summed E-state index contributed by atoms with van der Waals surface area (Å²) < 4.78 is 13.9. The summed E-state index contributed by atoms with van der Waals surface area (Å²) in [7, 11) is 0. The molecule has 5 heteroatoms. The highest BCUT2D eigenvalue weighted by atomic mass is 127. The minimum atomic E-state index is -1.08. The van der Waals surface area contributed by atoms with Crippen LogP contribution in [-0.2, 0) is 0 Å². The molecule has 1 aromatic carbocycles. The van der Waals surface area contributed by atoms with Gasteiger partial charge in [0.25, 0.3) is 0 Å². The van der Waals surface area contributed by atoms with Crippen molar-refractivity contribution in [1.82, 2.24) is 9.97 Å². The van der Waals surface area contributed by atoms with Gasteiger partial charge in [-0.3, -0.25) is 4.98 Å². The van der Waals surface area contributed by atoms with Crippen LogP contribution < -0.4 is 0 Å². The molecule has 1 heterocycles. The zero-order valence-electron chi connectivity index (χ0n) is 8.14. The Morgan fingerprint density at radius 3 is 2.56 bits per heavy atom. The highest BCUT2D eigenvalue weighted by Crippen LogP contribution is 2.21. The van der Waals surface area contributed by atoms with Crippen LogP contribution in [0.15, 0.2) is 36.5 Å². The van der Waals surface area contributed by atoms with E-state index in [-0.39, 0.29) is 5.69 Å². The molecule has 0 saturated carbocycles. The largest absolute Gasteiger partial charge is 0.382 e. The lowest BCUT2D eigenvalue weighted by Gasteiger charge is -2.10. The smallest absolute Gasteiger partial charge is 0.238 e. The fraction of sp³-hybridized carbons (Fsp3) is 0.0909. The second kappa shape index (κ2) is 4.84. The Bertz CT molecular complexity index is 493. The molecule has 2 aromatic rings. The maximum atomic E-state index is 13.4. The third-order valence-corrected chi connectivity index (χ3v) is 2.62. The third-order valence-electron chi connectivity index (χ3n) is 2.10. The van der Waals surface area contributed by atoms with Crippen molar-refractivity contribution in [2.45, 2.75) is 6.10 Å². The van der Waals surface area contributed by atoms with Crippen LogP contribution in [0.25, 0.3) is 0 Å². The molecular weight excluding hydrogens is 322 g/mol. The molecule has 3 nitrogen and oxygen atoms in total. The molecule has 0 radical (unpaired) electrons. The summed E-state index contributed by atoms with van der Waals surface area (Å²) in [5.74, 6) is -0.733. The molecule has 1 unspecified atom stereocenters. The van der Waals surface area contributed by atoms with E-state index in [0.29, 0.717) is 9.26 Å². The Morgan fingerprint density at radius 2 is 1.94 bits per heavy atom. The Hall–Kier alpha value is -1.08. The van der Waals surface area contributed by atoms with Gasteiger partial charge >= 0.3 is 0 Å². The molecule has 0 fully saturated rings. The standard InChI is InChI=1S/C11H8FIN2O/c12-11-9(14-6-8(13)15-11)10(16)7-4-2-1-3-5-7/h1-6,10,16H. The van der Waals surface area contributed by atoms with Gasteiger partial charge < -0.3 is 5.11 Å². The predicted octanol–water partition coefficient (Wildman–Crippen LogP) is 2.30. The van der Waals surface area contributed by atoms with E-state index in [2.05, 4.69) is 9.97 Å². The number of hydrogen-bond donors (Lipinski definition) is 1. The minimum Gasteiger partial charge on any atom is -0.382 e. The lowest BCUT2D eigenvalue weighted by atomic mass is 10.1. The average molecular weight is 330 g/mol. The van der Waals surface area contributed by atoms with Crippen LogP contribution in [0, 0.1) is 9.65 Å². The molecule has 1 atom stereocenters. The fourth-order valence-corrected chi connectivity index (χ4v) is 1.68. The first-order chi connectivity index (χ1) is 7.68. The summed E-state index contributed by atoms with van der Waals surface area (Å²) in [6, 6.07) is 8.80. The van der Waals surface area contributed by atoms with Gasteiger partial charge in [0, 0.05) is 0 Å². The highest BCUT2D eigenvalue weighted by molar-refractivity contribution is 14.1. The minimum absolute atomic E-state index is 0.0494. The summed E-state index contributed by atoms with van der Waals surface area (Å²) in [6.07, 6.45) is 0.344. The van der Waals surface area contributed by atoms with Crippen molar-refractivity contribution in [3.63, 3.8) is 0 Å². The molecule has 0 bridgehead atoms. The number of aliphatic hydroxyl groups excluding tert-OH is 1. The van der Waals surface area contributed by atoms with Gasteiger partial charge in [0.1, 0.15) is 15.5 Å². The van der Waals surface area contributed by atoms with Crippen molar-refractivity contribution in [1.29, 1.82) is 0 Å². The van der Waals surface area contributed by atoms with Crippen LogP contribution in [0.1, 0.15) is 17.4 Å². The van der Waals surface area contributed by atoms with Crippen molar-refractivity contribution in [3.8, 4) is 0 Å². The molecule has 16 heavy (non-hydrogen) atoms. The van der Waals surface area contributed by atoms with E-state index in [0.717, 1.165) is 0 Å². The SMILES string of the molecule is OC(c1ccccc1)c1ncc(I)nc1F. The first kappa shape index (κ1) is 11.4. The molecule has 82 valence electrons. The molecule has 0 aliphatic rings. The van der Waals surface area contributed by atoms with Crippen LogP contribution in [0.5, 0.6) is 0 Å². The normalized spacial score (nSPS) is 12.4. The average Bonchev–Trinajstić information content (AvgIpc) is 2.29. The molecule has 0 aliphatic carbocycles. The van der Waals surface area contributed by atoms with Crippen LogP contribution >= 0.6 is 22.6 Å². The first-order valence-electron chi connectivity index (χ1n) is 4.59. The molecule has 2 rings (SSSR count). The first-order valence-corrected chi connectivity index (χ1v) is 5.67. The van der Waals surface area contributed by atoms with Crippen molar-refractivity contribution < 1.29 is 9.50 Å². The molecule has 0 spiro atoms. The predicted molar refractivity (Wildman–Crippen MR) is 65.2 cm³/mol. The van der Waals surface area contributed by atoms with Gasteiger partial charge in [-0.1, -0.05) is 30.3 Å². The van der Waals surface area contributed by atoms with Crippen molar-refractivity contribution in [3.05, 3.63) is 57.4 Å². The maximum Gasteiger partial charge on any atom is 0.238 e. The number of benzene rings is 1. The van der Waals surface area contributed by atoms with Crippen LogP contribution in [0.2, 0.25) is 0 Å². The van der Waals surface area contributed by atoms with Gasteiger partial charge in [-0.25, -0.2) is 4.98 Å². The van der Waals surface area contributed by atoms with Gasteiger partial charge in [0.2, 0.25) is 5.95 Å². The van der Waals surface area contributed by atoms with E-state index < -0.39 is 12.1 Å². The molecular formula is C11H8FIN2O. The molecule has 1 aromatic heterocycles. The van der Waals surface area contributed by atoms with E-state index in [9.17, 15) is 9.50 Å². The van der Waals surface area contributed by atoms with Gasteiger partial charge in [0.15, 0.2) is 0 Å². The summed E-state index contributed by atoms with van der Waals surface area (Å²) in [5.41, 5.74) is 0.545. The Balaban J connectivity index is 2.38. The van der Waals surface area contributed by atoms with E-state index in [1.165, 1.54) is 6.20 Å². The zero-order chi connectivity index (χ0) is 11.5. The Kier molecular flexibility index (Phi) is 3.45. The summed E-state index contributed by atoms with van der Waals surface area (Å²) in [6.45, 7) is 0. The summed E-state index contributed by atoms with van der Waals surface area (Å²) in [4.78, 5) is 7.48. The van der Waals surface area contributed by atoms with Crippen molar-refractivity contribution >= 4 is 22.6 Å². The van der Waals surface area contributed by atoms with E-state index in [1.807, 2.05) is 28.7 Å². The number of aliphatic hydroxyl groups is 1. The number of aromatic nitrogens is 2. The van der Waals surface area contributed by atoms with E-state index in [4.69, 9.17) is 0 Å². The second-order valence-electron chi connectivity index (χ2n) is 3.18. The lowest BCUT2D eigenvalue weighted by Crippen LogP contribution is -2.07. The van der Waals surface area contributed by atoms with Crippen LogP contribution in [-0.4, -0.2) is 15.1 Å². The zero-order valence-corrected chi connectivity index (χ0v) is 10.3. The van der Waals surface area contributed by atoms with Gasteiger partial charge in [-0.15, -0.1) is 0 Å². The third kappa shape index (κ3) is 2.35. The number of rotatable bonds is 2. The van der Waals surface area contributed by atoms with Crippen LogP contribution in [0.3, 0.4) is 0 Å². The van der Waals surface area contributed by atoms with Crippen LogP contribution in [0.4, 0.5) is 4.39 Å². The van der Waals surface area contributed by atoms with Crippen molar-refractivity contribution in [2.75, 3.05) is 0 Å². The lowest BCUT2D eigenvalue weighted by molar-refractivity contribution is 0.207. The van der Waals surface area contributed by atoms with Gasteiger partial charge in [-0.05, 0) is 28.2 Å². The van der Waals surface area contributed by atoms with Gasteiger partial charge in [-0.2, -0.15) is 4.39 Å². The Morgan fingerprint density at radius 1 is 1.25 bits per heavy atom. The number of nitrogens with zero attached hydrogens (tertiary/aromatic N) is 2. The topological polar surface area (TPSA) is 46.0 Å². The number of halogens is 2. The molecule has 0 aliphatic heterocycles. The summed E-state index contributed by atoms with van der Waals surface area (Å²) >= 11 is 1.86. The Labute approximate surface area is 106 Å². The van der Waals surface area contributed by atoms with Gasteiger partial charge in [0.05, 0.1) is 6.20 Å². The quantitative estimate of drug-likeness (QED) is 0.860. The second-order valence-corrected chi connectivity index (χ2v) is 4.29. The summed E-state index contributed by atoms with van der Waals surface area (Å²) in [5, 5.41) is 9.92. The fourth-order valence-electron chi connectivity index (χ4n) is 1.33. The monoisotopic (exact) mass is 330 g/mol. The van der Waals surface area contributed by atoms with E-state index in [1.54, 1.807) is 24.3 Å². The molecule has 0 amide bonds. The highest BCUT2D eigenvalue weighted by Gasteiger charge is 2.17. The van der Waals surface area contributed by atoms with E-state index >= 15 is 0 Å². The molecule has 1 N–H and O–H groups in total. The maximum absolute atomic E-state index is 13.4.